The summed E-state index contributed by atoms with van der Waals surface area (Å²) in [6.07, 6.45) is 2.79. The summed E-state index contributed by atoms with van der Waals surface area (Å²) in [5, 5.41) is 15.3. The highest BCUT2D eigenvalue weighted by Gasteiger charge is 2.40. The molecule has 4 rings (SSSR count). The molecule has 1 atom stereocenters. The first-order valence-electron chi connectivity index (χ1n) is 8.45. The van der Waals surface area contributed by atoms with Gasteiger partial charge in [0.2, 0.25) is 5.13 Å². The molecule has 2 aliphatic rings. The number of halogens is 1. The minimum atomic E-state index is -0.217. The predicted molar refractivity (Wildman–Crippen MR) is 105 cm³/mol. The molecule has 0 bridgehead atoms. The Labute approximate surface area is 166 Å². The molecule has 7 nitrogen and oxygen atoms in total. The SMILES string of the molecule is CC(NC(=O)c1cc2c(s1)CCOC21CCNCC1)c1nnc(N)s1.Cl. The van der Waals surface area contributed by atoms with Gasteiger partial charge in [0.05, 0.1) is 23.1 Å². The molecule has 4 N–H and O–H groups in total. The van der Waals surface area contributed by atoms with Gasteiger partial charge in [-0.3, -0.25) is 4.79 Å². The fourth-order valence-corrected chi connectivity index (χ4v) is 5.27. The van der Waals surface area contributed by atoms with Crippen LogP contribution in [0.3, 0.4) is 0 Å². The summed E-state index contributed by atoms with van der Waals surface area (Å²) < 4.78 is 6.18. The Morgan fingerprint density at radius 2 is 2.15 bits per heavy atom. The molecule has 1 unspecified atom stereocenters. The lowest BCUT2D eigenvalue weighted by Crippen LogP contribution is -2.44. The van der Waals surface area contributed by atoms with Crippen LogP contribution in [-0.4, -0.2) is 35.8 Å². The van der Waals surface area contributed by atoms with Gasteiger partial charge in [-0.1, -0.05) is 11.3 Å². The van der Waals surface area contributed by atoms with Crippen molar-refractivity contribution < 1.29 is 9.53 Å². The Morgan fingerprint density at radius 3 is 2.85 bits per heavy atom. The van der Waals surface area contributed by atoms with Gasteiger partial charge in [0.25, 0.3) is 5.91 Å². The highest BCUT2D eigenvalue weighted by molar-refractivity contribution is 7.15. The summed E-state index contributed by atoms with van der Waals surface area (Å²) in [6, 6.07) is 1.81. The minimum Gasteiger partial charge on any atom is -0.374 e. The fraction of sp³-hybridized carbons (Fsp3) is 0.562. The summed E-state index contributed by atoms with van der Waals surface area (Å²) >= 11 is 2.88. The van der Waals surface area contributed by atoms with E-state index in [9.17, 15) is 4.79 Å². The number of carbonyl (C=O) groups excluding carboxylic acids is 1. The molecule has 2 aliphatic heterocycles. The lowest BCUT2D eigenvalue weighted by molar-refractivity contribution is -0.0792. The molecular formula is C16H22ClN5O2S2. The Kier molecular flexibility index (Phi) is 5.83. The van der Waals surface area contributed by atoms with Crippen LogP contribution < -0.4 is 16.4 Å². The number of nitrogens with one attached hydrogen (secondary N) is 2. The van der Waals surface area contributed by atoms with Crippen LogP contribution in [0.15, 0.2) is 6.07 Å². The van der Waals surface area contributed by atoms with Gasteiger partial charge < -0.3 is 21.1 Å². The van der Waals surface area contributed by atoms with Crippen molar-refractivity contribution in [3.05, 3.63) is 26.4 Å². The summed E-state index contributed by atoms with van der Waals surface area (Å²) in [5.74, 6) is -0.0789. The lowest BCUT2D eigenvalue weighted by Gasteiger charge is -2.40. The number of amides is 1. The first-order chi connectivity index (χ1) is 12.1. The third-order valence-electron chi connectivity index (χ3n) is 4.82. The highest BCUT2D eigenvalue weighted by atomic mass is 35.5. The van der Waals surface area contributed by atoms with E-state index in [2.05, 4.69) is 20.8 Å². The number of rotatable bonds is 3. The summed E-state index contributed by atoms with van der Waals surface area (Å²) in [6.45, 7) is 4.52. The smallest absolute Gasteiger partial charge is 0.261 e. The van der Waals surface area contributed by atoms with Gasteiger partial charge in [0, 0.05) is 11.3 Å². The number of anilines is 1. The molecule has 1 fully saturated rings. The quantitative estimate of drug-likeness (QED) is 0.710. The number of nitrogen functional groups attached to an aromatic ring is 1. The second-order valence-electron chi connectivity index (χ2n) is 6.46. The van der Waals surface area contributed by atoms with E-state index in [1.165, 1.54) is 21.8 Å². The number of nitrogens with two attached hydrogens (primary N) is 1. The van der Waals surface area contributed by atoms with Crippen LogP contribution in [0.25, 0.3) is 0 Å². The van der Waals surface area contributed by atoms with Crippen molar-refractivity contribution in [1.82, 2.24) is 20.8 Å². The maximum Gasteiger partial charge on any atom is 0.261 e. The van der Waals surface area contributed by atoms with Crippen LogP contribution in [0.4, 0.5) is 5.13 Å². The number of piperidine rings is 1. The Morgan fingerprint density at radius 1 is 1.38 bits per heavy atom. The Balaban J connectivity index is 0.00000196. The molecule has 0 radical (unpaired) electrons. The van der Waals surface area contributed by atoms with Crippen LogP contribution in [0, 0.1) is 0 Å². The van der Waals surface area contributed by atoms with Gasteiger partial charge >= 0.3 is 0 Å². The topological polar surface area (TPSA) is 102 Å². The first-order valence-corrected chi connectivity index (χ1v) is 10.1. The molecule has 0 aliphatic carbocycles. The molecule has 1 saturated heterocycles. The minimum absolute atomic E-state index is 0. The molecule has 4 heterocycles. The number of carbonyl (C=O) groups is 1. The number of fused-ring (bicyclic) bond motifs is 2. The monoisotopic (exact) mass is 415 g/mol. The zero-order valence-electron chi connectivity index (χ0n) is 14.4. The summed E-state index contributed by atoms with van der Waals surface area (Å²) in [7, 11) is 0. The van der Waals surface area contributed by atoms with E-state index in [1.54, 1.807) is 11.3 Å². The molecule has 0 saturated carbocycles. The van der Waals surface area contributed by atoms with Gasteiger partial charge in [-0.05, 0) is 44.5 Å². The van der Waals surface area contributed by atoms with Crippen molar-refractivity contribution in [2.75, 3.05) is 25.4 Å². The average Bonchev–Trinajstić information content (AvgIpc) is 3.23. The number of hydrogen-bond donors (Lipinski definition) is 3. The molecule has 0 aromatic carbocycles. The van der Waals surface area contributed by atoms with Crippen molar-refractivity contribution in [2.24, 2.45) is 0 Å². The number of aromatic nitrogens is 2. The summed E-state index contributed by atoms with van der Waals surface area (Å²) in [5.41, 5.74) is 6.62. The molecule has 142 valence electrons. The molecule has 2 aromatic rings. The largest absolute Gasteiger partial charge is 0.374 e. The standard InChI is InChI=1S/C16H21N5O2S2.ClH/c1-9(14-20-21-15(17)25-14)19-13(22)12-8-10-11(24-12)2-7-23-16(10)3-5-18-6-4-16;/h8-9,18H,2-7H2,1H3,(H2,17,21)(H,19,22);1H. The number of hydrogen-bond acceptors (Lipinski definition) is 8. The first kappa shape index (κ1) is 19.5. The molecule has 26 heavy (non-hydrogen) atoms. The van der Waals surface area contributed by atoms with Crippen LogP contribution >= 0.6 is 35.1 Å². The van der Waals surface area contributed by atoms with Crippen LogP contribution in [0.1, 0.15) is 50.9 Å². The van der Waals surface area contributed by atoms with Gasteiger partial charge in [-0.25, -0.2) is 0 Å². The van der Waals surface area contributed by atoms with E-state index < -0.39 is 0 Å². The third kappa shape index (κ3) is 3.59. The maximum atomic E-state index is 12.7. The Bertz CT molecular complexity index is 787. The van der Waals surface area contributed by atoms with E-state index >= 15 is 0 Å². The second-order valence-corrected chi connectivity index (χ2v) is 8.64. The van der Waals surface area contributed by atoms with Crippen molar-refractivity contribution >= 4 is 46.1 Å². The van der Waals surface area contributed by atoms with Crippen LogP contribution in [0.5, 0.6) is 0 Å². The fourth-order valence-electron chi connectivity index (χ4n) is 3.52. The second kappa shape index (κ2) is 7.77. The normalized spacial score (nSPS) is 19.4. The third-order valence-corrected chi connectivity index (χ3v) is 6.95. The number of nitrogens with zero attached hydrogens (tertiary/aromatic N) is 2. The van der Waals surface area contributed by atoms with Gasteiger partial charge in [0.15, 0.2) is 0 Å². The van der Waals surface area contributed by atoms with Crippen molar-refractivity contribution in [1.29, 1.82) is 0 Å². The van der Waals surface area contributed by atoms with E-state index in [4.69, 9.17) is 10.5 Å². The average molecular weight is 416 g/mol. The van der Waals surface area contributed by atoms with E-state index in [-0.39, 0.29) is 30.0 Å². The Hall–Kier alpha value is -1.26. The zero-order valence-corrected chi connectivity index (χ0v) is 16.9. The van der Waals surface area contributed by atoms with Gasteiger partial charge in [-0.2, -0.15) is 0 Å². The number of thiophene rings is 1. The predicted octanol–water partition coefficient (Wildman–Crippen LogP) is 2.25. The lowest BCUT2D eigenvalue weighted by atomic mass is 9.83. The molecule has 2 aromatic heterocycles. The van der Waals surface area contributed by atoms with E-state index in [0.717, 1.165) is 43.8 Å². The molecule has 1 amide bonds. The zero-order chi connectivity index (χ0) is 17.4. The number of ether oxygens (including phenoxy) is 1. The van der Waals surface area contributed by atoms with E-state index in [0.29, 0.717) is 10.1 Å². The van der Waals surface area contributed by atoms with Crippen LogP contribution in [-0.2, 0) is 16.8 Å². The summed E-state index contributed by atoms with van der Waals surface area (Å²) in [4.78, 5) is 14.7. The highest BCUT2D eigenvalue weighted by Crippen LogP contribution is 2.43. The van der Waals surface area contributed by atoms with Crippen molar-refractivity contribution in [2.45, 2.75) is 37.8 Å². The van der Waals surface area contributed by atoms with Gasteiger partial charge in [0.1, 0.15) is 5.01 Å². The maximum absolute atomic E-state index is 12.7. The van der Waals surface area contributed by atoms with Gasteiger partial charge in [-0.15, -0.1) is 33.9 Å². The van der Waals surface area contributed by atoms with Crippen molar-refractivity contribution in [3.63, 3.8) is 0 Å². The van der Waals surface area contributed by atoms with Crippen LogP contribution in [0.2, 0.25) is 0 Å². The molecular weight excluding hydrogens is 394 g/mol. The molecule has 10 heteroatoms. The molecule has 1 spiro atoms. The van der Waals surface area contributed by atoms with Crippen molar-refractivity contribution in [3.8, 4) is 0 Å². The van der Waals surface area contributed by atoms with E-state index in [1.807, 2.05) is 13.0 Å².